The number of rotatable bonds is 2. The van der Waals surface area contributed by atoms with Gasteiger partial charge in [-0.25, -0.2) is 4.98 Å². The summed E-state index contributed by atoms with van der Waals surface area (Å²) in [5.74, 6) is 0. The molecular formula is C25H15BrClN. The minimum Gasteiger partial charge on any atom is -0.248 e. The van der Waals surface area contributed by atoms with Crippen LogP contribution in [0.3, 0.4) is 0 Å². The minimum absolute atomic E-state index is 0.735. The van der Waals surface area contributed by atoms with Crippen LogP contribution < -0.4 is 0 Å². The van der Waals surface area contributed by atoms with E-state index in [9.17, 15) is 0 Å². The van der Waals surface area contributed by atoms with Crippen molar-refractivity contribution in [1.82, 2.24) is 4.98 Å². The predicted molar refractivity (Wildman–Crippen MR) is 123 cm³/mol. The van der Waals surface area contributed by atoms with E-state index < -0.39 is 0 Å². The highest BCUT2D eigenvalue weighted by Gasteiger charge is 2.12. The summed E-state index contributed by atoms with van der Waals surface area (Å²) < 4.78 is 1.04. The lowest BCUT2D eigenvalue weighted by Crippen LogP contribution is -1.91. The van der Waals surface area contributed by atoms with Gasteiger partial charge in [-0.2, -0.15) is 0 Å². The SMILES string of the molecule is Clc1ccc(-c2cc(-c3cccc(Br)c3)nc3ccc4ccccc4c23)cc1. The van der Waals surface area contributed by atoms with E-state index in [-0.39, 0.29) is 0 Å². The zero-order valence-electron chi connectivity index (χ0n) is 14.9. The van der Waals surface area contributed by atoms with Gasteiger partial charge in [0.1, 0.15) is 0 Å². The molecule has 0 unspecified atom stereocenters. The fourth-order valence-corrected chi connectivity index (χ4v) is 4.19. The molecule has 0 spiro atoms. The maximum absolute atomic E-state index is 6.14. The molecular weight excluding hydrogens is 430 g/mol. The van der Waals surface area contributed by atoms with E-state index >= 15 is 0 Å². The zero-order valence-corrected chi connectivity index (χ0v) is 17.2. The molecule has 0 radical (unpaired) electrons. The fraction of sp³-hybridized carbons (Fsp3) is 0. The molecule has 1 heterocycles. The van der Waals surface area contributed by atoms with Crippen molar-refractivity contribution in [3.63, 3.8) is 0 Å². The van der Waals surface area contributed by atoms with Crippen LogP contribution in [0.5, 0.6) is 0 Å². The van der Waals surface area contributed by atoms with Crippen LogP contribution in [0.15, 0.2) is 95.5 Å². The van der Waals surface area contributed by atoms with Crippen LogP contribution >= 0.6 is 27.5 Å². The summed E-state index contributed by atoms with van der Waals surface area (Å²) in [7, 11) is 0. The van der Waals surface area contributed by atoms with Gasteiger partial charge in [-0.15, -0.1) is 0 Å². The van der Waals surface area contributed by atoms with Gasteiger partial charge >= 0.3 is 0 Å². The lowest BCUT2D eigenvalue weighted by molar-refractivity contribution is 1.40. The van der Waals surface area contributed by atoms with Gasteiger partial charge in [0.25, 0.3) is 0 Å². The van der Waals surface area contributed by atoms with Crippen LogP contribution in [0.25, 0.3) is 44.1 Å². The second kappa shape index (κ2) is 7.05. The molecule has 28 heavy (non-hydrogen) atoms. The molecule has 134 valence electrons. The molecule has 0 aliphatic rings. The van der Waals surface area contributed by atoms with E-state index in [1.54, 1.807) is 0 Å². The molecule has 0 atom stereocenters. The smallest absolute Gasteiger partial charge is 0.0722 e. The Labute approximate surface area is 176 Å². The van der Waals surface area contributed by atoms with E-state index in [0.29, 0.717) is 0 Å². The van der Waals surface area contributed by atoms with E-state index in [4.69, 9.17) is 16.6 Å². The lowest BCUT2D eigenvalue weighted by Gasteiger charge is -2.13. The second-order valence-electron chi connectivity index (χ2n) is 6.75. The summed E-state index contributed by atoms with van der Waals surface area (Å²) in [5.41, 5.74) is 5.31. The molecule has 0 N–H and O–H groups in total. The Hall–Kier alpha value is -2.68. The van der Waals surface area contributed by atoms with Crippen molar-refractivity contribution in [3.05, 3.63) is 100 Å². The number of aromatic nitrogens is 1. The third-order valence-electron chi connectivity index (χ3n) is 4.97. The highest BCUT2D eigenvalue weighted by molar-refractivity contribution is 9.10. The van der Waals surface area contributed by atoms with Crippen LogP contribution in [-0.4, -0.2) is 4.98 Å². The van der Waals surface area contributed by atoms with Gasteiger partial charge in [0, 0.05) is 20.4 Å². The van der Waals surface area contributed by atoms with Gasteiger partial charge in [-0.3, -0.25) is 0 Å². The molecule has 1 aromatic heterocycles. The zero-order chi connectivity index (χ0) is 19.1. The summed E-state index contributed by atoms with van der Waals surface area (Å²) in [6, 6.07) is 31.2. The standard InChI is InChI=1S/C25H15BrClN/c26-19-6-3-5-18(14-19)24-15-22(17-8-11-20(27)12-9-17)25-21-7-2-1-4-16(21)10-13-23(25)28-24/h1-15H. The quantitative estimate of drug-likeness (QED) is 0.250. The number of halogens is 2. The Morgan fingerprint density at radius 3 is 2.36 bits per heavy atom. The van der Waals surface area contributed by atoms with Gasteiger partial charge in [0.2, 0.25) is 0 Å². The van der Waals surface area contributed by atoms with Crippen molar-refractivity contribution >= 4 is 49.2 Å². The molecule has 5 aromatic rings. The minimum atomic E-state index is 0.735. The normalized spacial score (nSPS) is 11.2. The Morgan fingerprint density at radius 2 is 1.54 bits per heavy atom. The van der Waals surface area contributed by atoms with Gasteiger partial charge in [-0.05, 0) is 58.3 Å². The maximum atomic E-state index is 6.14. The molecule has 0 saturated heterocycles. The third-order valence-corrected chi connectivity index (χ3v) is 5.72. The molecule has 0 saturated carbocycles. The average Bonchev–Trinajstić information content (AvgIpc) is 2.73. The van der Waals surface area contributed by atoms with Gasteiger partial charge in [0.05, 0.1) is 11.2 Å². The topological polar surface area (TPSA) is 12.9 Å². The molecule has 5 rings (SSSR count). The highest BCUT2D eigenvalue weighted by atomic mass is 79.9. The van der Waals surface area contributed by atoms with Crippen molar-refractivity contribution in [2.45, 2.75) is 0 Å². The number of hydrogen-bond donors (Lipinski definition) is 0. The fourth-order valence-electron chi connectivity index (χ4n) is 3.66. The average molecular weight is 445 g/mol. The van der Waals surface area contributed by atoms with Crippen molar-refractivity contribution in [2.24, 2.45) is 0 Å². The van der Waals surface area contributed by atoms with Crippen molar-refractivity contribution in [2.75, 3.05) is 0 Å². The first-order valence-electron chi connectivity index (χ1n) is 9.03. The molecule has 0 aliphatic carbocycles. The van der Waals surface area contributed by atoms with Crippen molar-refractivity contribution < 1.29 is 0 Å². The maximum Gasteiger partial charge on any atom is 0.0722 e. The first-order chi connectivity index (χ1) is 13.7. The van der Waals surface area contributed by atoms with Crippen molar-refractivity contribution in [3.8, 4) is 22.4 Å². The van der Waals surface area contributed by atoms with Gasteiger partial charge < -0.3 is 0 Å². The molecule has 4 aromatic carbocycles. The molecule has 0 bridgehead atoms. The first-order valence-corrected chi connectivity index (χ1v) is 10.2. The summed E-state index contributed by atoms with van der Waals surface area (Å²) in [4.78, 5) is 4.99. The summed E-state index contributed by atoms with van der Waals surface area (Å²) in [5, 5.41) is 4.32. The van der Waals surface area contributed by atoms with Crippen LogP contribution in [-0.2, 0) is 0 Å². The van der Waals surface area contributed by atoms with Crippen LogP contribution in [0.2, 0.25) is 5.02 Å². The van der Waals surface area contributed by atoms with Crippen LogP contribution in [0.1, 0.15) is 0 Å². The van der Waals surface area contributed by atoms with Crippen LogP contribution in [0.4, 0.5) is 0 Å². The van der Waals surface area contributed by atoms with E-state index in [1.165, 1.54) is 16.2 Å². The Kier molecular flexibility index (Phi) is 4.38. The van der Waals surface area contributed by atoms with E-state index in [2.05, 4.69) is 82.7 Å². The molecule has 0 fully saturated rings. The number of benzene rings is 4. The summed E-state index contributed by atoms with van der Waals surface area (Å²) >= 11 is 9.71. The monoisotopic (exact) mass is 443 g/mol. The number of pyridine rings is 1. The number of nitrogens with zero attached hydrogens (tertiary/aromatic N) is 1. The molecule has 3 heteroatoms. The summed E-state index contributed by atoms with van der Waals surface area (Å²) in [6.45, 7) is 0. The molecule has 1 nitrogen and oxygen atoms in total. The lowest BCUT2D eigenvalue weighted by atomic mass is 9.94. The predicted octanol–water partition coefficient (Wildman–Crippen LogP) is 8.14. The second-order valence-corrected chi connectivity index (χ2v) is 8.11. The van der Waals surface area contributed by atoms with Crippen LogP contribution in [0, 0.1) is 0 Å². The number of fused-ring (bicyclic) bond motifs is 3. The van der Waals surface area contributed by atoms with E-state index in [1.807, 2.05) is 24.3 Å². The largest absolute Gasteiger partial charge is 0.248 e. The Bertz CT molecular complexity index is 1330. The number of hydrogen-bond acceptors (Lipinski definition) is 1. The molecule has 0 aliphatic heterocycles. The van der Waals surface area contributed by atoms with Gasteiger partial charge in [0.15, 0.2) is 0 Å². The van der Waals surface area contributed by atoms with E-state index in [0.717, 1.165) is 37.4 Å². The Balaban J connectivity index is 1.89. The third kappa shape index (κ3) is 3.09. The summed E-state index contributed by atoms with van der Waals surface area (Å²) in [6.07, 6.45) is 0. The van der Waals surface area contributed by atoms with Crippen molar-refractivity contribution in [1.29, 1.82) is 0 Å². The Morgan fingerprint density at radius 1 is 0.714 bits per heavy atom. The van der Waals surface area contributed by atoms with Gasteiger partial charge in [-0.1, -0.05) is 82.1 Å². The molecule has 0 amide bonds. The first kappa shape index (κ1) is 17.4. The highest BCUT2D eigenvalue weighted by Crippen LogP contribution is 2.37.